The van der Waals surface area contributed by atoms with Gasteiger partial charge in [0, 0.05) is 66.3 Å². The molecule has 8 heteroatoms. The summed E-state index contributed by atoms with van der Waals surface area (Å²) >= 11 is 16.2. The lowest BCUT2D eigenvalue weighted by molar-refractivity contribution is 0.230. The summed E-state index contributed by atoms with van der Waals surface area (Å²) in [5.74, 6) is 0. The SMILES string of the molecule is Cc1ccc(C2(c3ccc(C)cc3)c3c(sc4cc(-c5ccc(-c6ccc(C(C)(C)C(C)(C)C)s6)s5)sc34)-c3sc4c5c(sc4c32)-c2sc3cc(C(C)(C)C)sc3c2C5(c2ccc(C)cc2)c2ccc(C)cc2)cc1. The molecule has 8 aromatic heterocycles. The van der Waals surface area contributed by atoms with E-state index in [4.69, 9.17) is 0 Å². The fourth-order valence-corrected chi connectivity index (χ4v) is 23.4. The molecule has 0 saturated heterocycles. The van der Waals surface area contributed by atoms with Gasteiger partial charge in [0.25, 0.3) is 0 Å². The van der Waals surface area contributed by atoms with E-state index in [-0.39, 0.29) is 16.2 Å². The molecule has 0 N–H and O–H groups in total. The molecule has 4 aromatic carbocycles. The summed E-state index contributed by atoms with van der Waals surface area (Å²) in [5.41, 5.74) is 15.7. The van der Waals surface area contributed by atoms with Gasteiger partial charge in [-0.15, -0.1) is 90.7 Å². The van der Waals surface area contributed by atoms with Crippen molar-refractivity contribution in [2.24, 2.45) is 5.41 Å². The van der Waals surface area contributed by atoms with Crippen LogP contribution in [-0.2, 0) is 21.7 Å². The van der Waals surface area contributed by atoms with Crippen molar-refractivity contribution in [1.29, 1.82) is 0 Å². The third kappa shape index (κ3) is 6.83. The lowest BCUT2D eigenvalue weighted by atomic mass is 9.67. The van der Waals surface area contributed by atoms with Gasteiger partial charge in [-0.1, -0.05) is 175 Å². The molecule has 0 unspecified atom stereocenters. The standard InChI is InChI=1S/C67H58S8/c1-35-13-21-39(22-14-35)66(40-23-15-36(2)16-24-40)51-55-47(33-46(70-55)45-30-29-43(68-45)44-31-32-49(69-44)65(11,12)64(8,9)10)71-57(51)59-53(66)61-62(74-59)54-60(75-61)58-52(56-48(72-58)34-50(73-56)63(5,6)7)67(54,41-25-17-37(3)18-26-41)42-27-19-38(4)20-28-42/h13-34H,1-12H3. The van der Waals surface area contributed by atoms with Crippen LogP contribution in [0.3, 0.4) is 0 Å². The van der Waals surface area contributed by atoms with E-state index in [1.54, 1.807) is 0 Å². The number of fused-ring (bicyclic) bond motifs is 13. The maximum atomic E-state index is 2.53. The summed E-state index contributed by atoms with van der Waals surface area (Å²) < 4.78 is 8.59. The number of rotatable bonds is 7. The first kappa shape index (κ1) is 48.6. The van der Waals surface area contributed by atoms with Crippen molar-refractivity contribution in [3.63, 3.8) is 0 Å². The molecular formula is C67H58S8. The van der Waals surface area contributed by atoms with E-state index in [0.29, 0.717) is 0 Å². The fourth-order valence-electron chi connectivity index (χ4n) is 11.9. The Bertz CT molecular complexity index is 4140. The van der Waals surface area contributed by atoms with Crippen molar-refractivity contribution in [2.75, 3.05) is 0 Å². The Morgan fingerprint density at radius 2 is 0.667 bits per heavy atom. The number of hydrogen-bond acceptors (Lipinski definition) is 8. The van der Waals surface area contributed by atoms with Crippen molar-refractivity contribution in [3.8, 4) is 39.0 Å². The van der Waals surface area contributed by atoms with Gasteiger partial charge in [-0.2, -0.15) is 0 Å². The minimum Gasteiger partial charge on any atom is -0.139 e. The van der Waals surface area contributed by atoms with Crippen LogP contribution in [0, 0.1) is 33.1 Å². The first-order valence-electron chi connectivity index (χ1n) is 26.0. The van der Waals surface area contributed by atoms with Gasteiger partial charge in [-0.25, -0.2) is 0 Å². The van der Waals surface area contributed by atoms with Crippen LogP contribution < -0.4 is 0 Å². The molecular weight excluding hydrogens is 1060 g/mol. The number of hydrogen-bond donors (Lipinski definition) is 0. The van der Waals surface area contributed by atoms with Gasteiger partial charge in [0.1, 0.15) is 0 Å². The van der Waals surface area contributed by atoms with E-state index in [2.05, 4.69) is 239 Å². The first-order chi connectivity index (χ1) is 35.8. The normalized spacial score (nSPS) is 14.9. The van der Waals surface area contributed by atoms with Gasteiger partial charge < -0.3 is 0 Å². The fraction of sp³-hybridized carbons (Fsp3) is 0.254. The van der Waals surface area contributed by atoms with Crippen LogP contribution in [-0.4, -0.2) is 0 Å². The molecule has 14 rings (SSSR count). The number of aryl methyl sites for hydroxylation is 4. The van der Waals surface area contributed by atoms with E-state index in [9.17, 15) is 0 Å². The smallest absolute Gasteiger partial charge is 0.0759 e. The van der Waals surface area contributed by atoms with Gasteiger partial charge in [0.2, 0.25) is 0 Å². The Labute approximate surface area is 473 Å². The molecule has 2 aliphatic carbocycles. The molecule has 8 heterocycles. The maximum Gasteiger partial charge on any atom is 0.0759 e. The molecule has 0 amide bonds. The van der Waals surface area contributed by atoms with E-state index >= 15 is 0 Å². The van der Waals surface area contributed by atoms with Crippen LogP contribution in [0.15, 0.2) is 133 Å². The summed E-state index contributed by atoms with van der Waals surface area (Å²) in [5, 5.41) is 0. The van der Waals surface area contributed by atoms with E-state index in [1.807, 2.05) is 68.0 Å². The average Bonchev–Trinajstić information content (AvgIpc) is 4.39. The van der Waals surface area contributed by atoms with Crippen LogP contribution in [0.5, 0.6) is 0 Å². The molecule has 75 heavy (non-hydrogen) atoms. The minimum absolute atomic E-state index is 0.0605. The Hall–Kier alpha value is -4.74. The molecule has 0 bridgehead atoms. The Morgan fingerprint density at radius 1 is 0.307 bits per heavy atom. The van der Waals surface area contributed by atoms with Crippen molar-refractivity contribution >= 4 is 119 Å². The van der Waals surface area contributed by atoms with Crippen LogP contribution in [0.25, 0.3) is 67.2 Å². The highest BCUT2D eigenvalue weighted by Gasteiger charge is 2.56. The van der Waals surface area contributed by atoms with Crippen LogP contribution in [0.4, 0.5) is 0 Å². The molecule has 2 aliphatic rings. The van der Waals surface area contributed by atoms with Gasteiger partial charge in [-0.05, 0) is 97.2 Å². The summed E-state index contributed by atoms with van der Waals surface area (Å²) in [7, 11) is 0. The van der Waals surface area contributed by atoms with Crippen molar-refractivity contribution < 1.29 is 0 Å². The largest absolute Gasteiger partial charge is 0.139 e. The topological polar surface area (TPSA) is 0 Å². The second-order valence-corrected chi connectivity index (χ2v) is 32.3. The summed E-state index contributed by atoms with van der Waals surface area (Å²) in [6.45, 7) is 27.9. The predicted octanol–water partition coefficient (Wildman–Crippen LogP) is 22.6. The van der Waals surface area contributed by atoms with E-state index < -0.39 is 10.8 Å². The Balaban J connectivity index is 1.04. The quantitative estimate of drug-likeness (QED) is 0.149. The van der Waals surface area contributed by atoms with Crippen molar-refractivity contribution in [3.05, 3.63) is 210 Å². The van der Waals surface area contributed by atoms with Gasteiger partial charge >= 0.3 is 0 Å². The molecule has 0 aliphatic heterocycles. The predicted molar refractivity (Wildman–Crippen MR) is 338 cm³/mol. The highest BCUT2D eigenvalue weighted by molar-refractivity contribution is 7.38. The van der Waals surface area contributed by atoms with E-state index in [0.717, 1.165) is 0 Å². The highest BCUT2D eigenvalue weighted by Crippen LogP contribution is 2.72. The number of benzene rings is 4. The Morgan fingerprint density at radius 3 is 1.09 bits per heavy atom. The van der Waals surface area contributed by atoms with E-state index in [1.165, 1.54) is 144 Å². The Kier molecular flexibility index (Phi) is 10.8. The monoisotopic (exact) mass is 1120 g/mol. The van der Waals surface area contributed by atoms with Gasteiger partial charge in [0.05, 0.1) is 49.1 Å². The third-order valence-electron chi connectivity index (χ3n) is 17.0. The lowest BCUT2D eigenvalue weighted by Crippen LogP contribution is -2.32. The summed E-state index contributed by atoms with van der Waals surface area (Å²) in [6.07, 6.45) is 0. The van der Waals surface area contributed by atoms with Crippen LogP contribution in [0.1, 0.15) is 132 Å². The maximum absolute atomic E-state index is 2.53. The molecule has 0 atom stereocenters. The zero-order chi connectivity index (χ0) is 51.9. The second-order valence-electron chi connectivity index (χ2n) is 23.9. The van der Waals surface area contributed by atoms with Gasteiger partial charge in [-0.3, -0.25) is 0 Å². The molecule has 0 fully saturated rings. The van der Waals surface area contributed by atoms with Crippen molar-refractivity contribution in [2.45, 2.75) is 105 Å². The molecule has 0 nitrogen and oxygen atoms in total. The summed E-state index contributed by atoms with van der Waals surface area (Å²) in [6, 6.07) is 53.0. The van der Waals surface area contributed by atoms with Crippen molar-refractivity contribution in [1.82, 2.24) is 0 Å². The second kappa shape index (κ2) is 16.6. The van der Waals surface area contributed by atoms with Crippen LogP contribution in [0.2, 0.25) is 0 Å². The molecule has 0 spiro atoms. The molecule has 12 aromatic rings. The number of thiophene rings is 8. The zero-order valence-corrected chi connectivity index (χ0v) is 51.0. The van der Waals surface area contributed by atoms with Crippen LogP contribution >= 0.6 is 90.7 Å². The molecule has 0 radical (unpaired) electrons. The zero-order valence-electron chi connectivity index (χ0n) is 44.5. The minimum atomic E-state index is -0.534. The third-order valence-corrected chi connectivity index (χ3v) is 28.1. The molecule has 0 saturated carbocycles. The molecule has 374 valence electrons. The lowest BCUT2D eigenvalue weighted by Gasteiger charge is -2.38. The first-order valence-corrected chi connectivity index (χ1v) is 32.6. The highest BCUT2D eigenvalue weighted by atomic mass is 32.1. The summed E-state index contributed by atoms with van der Waals surface area (Å²) in [4.78, 5) is 14.1. The van der Waals surface area contributed by atoms with Gasteiger partial charge in [0.15, 0.2) is 0 Å². The average molecular weight is 1120 g/mol.